The van der Waals surface area contributed by atoms with E-state index in [-0.39, 0.29) is 30.1 Å². The van der Waals surface area contributed by atoms with Crippen molar-refractivity contribution in [3.05, 3.63) is 71.2 Å². The minimum atomic E-state index is -0.420. The summed E-state index contributed by atoms with van der Waals surface area (Å²) >= 11 is 0. The molecule has 1 fully saturated rings. The molecule has 0 aliphatic heterocycles. The monoisotopic (exact) mass is 380 g/mol. The van der Waals surface area contributed by atoms with E-state index in [1.54, 1.807) is 11.5 Å². The molecule has 5 nitrogen and oxygen atoms in total. The lowest BCUT2D eigenvalue weighted by atomic mass is 10.1. The number of fused-ring (bicyclic) bond motifs is 1. The maximum absolute atomic E-state index is 14.5. The molecule has 2 atom stereocenters. The predicted molar refractivity (Wildman–Crippen MR) is 102 cm³/mol. The number of rotatable bonds is 6. The number of aryl methyl sites for hydroxylation is 1. The smallest absolute Gasteiger partial charge is 0.246 e. The van der Waals surface area contributed by atoms with Crippen molar-refractivity contribution in [1.29, 1.82) is 0 Å². The normalized spacial score (nSPS) is 18.1. The zero-order chi connectivity index (χ0) is 19.7. The highest BCUT2D eigenvalue weighted by Gasteiger charge is 2.42. The van der Waals surface area contributed by atoms with E-state index in [0.717, 1.165) is 27.7 Å². The average Bonchev–Trinajstić information content (AvgIpc) is 3.45. The molecule has 144 valence electrons. The van der Waals surface area contributed by atoms with Crippen LogP contribution in [0.15, 0.2) is 48.5 Å². The standard InChI is InChI=1S/C22H21FN2O3/c1-13-8-16(17-4-2-3-5-20(17)24-13)12-28-21-7-6-14(10-19(21)23)9-15-11-18(15)22(26)25-27/h2-8,10,15,18,27H,9,11-12H2,1H3,(H,25,26). The van der Waals surface area contributed by atoms with Crippen molar-refractivity contribution < 1.29 is 19.1 Å². The molecule has 1 amide bonds. The van der Waals surface area contributed by atoms with E-state index in [2.05, 4.69) is 4.98 Å². The second-order valence-electron chi connectivity index (χ2n) is 7.28. The topological polar surface area (TPSA) is 71.5 Å². The molecule has 0 bridgehead atoms. The summed E-state index contributed by atoms with van der Waals surface area (Å²) in [5.41, 5.74) is 5.23. The number of hydrogen-bond acceptors (Lipinski definition) is 4. The van der Waals surface area contributed by atoms with Gasteiger partial charge in [0.2, 0.25) is 5.91 Å². The molecule has 1 aliphatic rings. The minimum absolute atomic E-state index is 0.143. The van der Waals surface area contributed by atoms with E-state index < -0.39 is 5.82 Å². The number of carbonyl (C=O) groups excluding carboxylic acids is 1. The van der Waals surface area contributed by atoms with E-state index in [4.69, 9.17) is 9.94 Å². The Morgan fingerprint density at radius 1 is 1.29 bits per heavy atom. The summed E-state index contributed by atoms with van der Waals surface area (Å²) in [5.74, 6) is -0.638. The fourth-order valence-corrected chi connectivity index (χ4v) is 3.64. The van der Waals surface area contributed by atoms with E-state index in [9.17, 15) is 9.18 Å². The predicted octanol–water partition coefficient (Wildman–Crippen LogP) is 3.95. The summed E-state index contributed by atoms with van der Waals surface area (Å²) in [7, 11) is 0. The van der Waals surface area contributed by atoms with Crippen LogP contribution in [0.25, 0.3) is 10.9 Å². The van der Waals surface area contributed by atoms with Gasteiger partial charge in [0, 0.05) is 22.6 Å². The van der Waals surface area contributed by atoms with Crippen LogP contribution in [-0.2, 0) is 17.8 Å². The van der Waals surface area contributed by atoms with E-state index in [1.165, 1.54) is 6.07 Å². The Labute approximate surface area is 162 Å². The van der Waals surface area contributed by atoms with Gasteiger partial charge in [-0.15, -0.1) is 0 Å². The van der Waals surface area contributed by atoms with Gasteiger partial charge in [-0.3, -0.25) is 15.0 Å². The van der Waals surface area contributed by atoms with Crippen LogP contribution in [0.1, 0.15) is 23.2 Å². The Balaban J connectivity index is 1.44. The number of pyridine rings is 1. The first-order valence-electron chi connectivity index (χ1n) is 9.25. The van der Waals surface area contributed by atoms with Crippen molar-refractivity contribution in [2.24, 2.45) is 11.8 Å². The Hall–Kier alpha value is -2.99. The number of nitrogens with one attached hydrogen (secondary N) is 1. The quantitative estimate of drug-likeness (QED) is 0.502. The van der Waals surface area contributed by atoms with Crippen LogP contribution < -0.4 is 10.2 Å². The summed E-state index contributed by atoms with van der Waals surface area (Å²) < 4.78 is 20.2. The summed E-state index contributed by atoms with van der Waals surface area (Å²) in [5, 5.41) is 9.66. The fourth-order valence-electron chi connectivity index (χ4n) is 3.64. The maximum atomic E-state index is 14.5. The van der Waals surface area contributed by atoms with Gasteiger partial charge in [-0.1, -0.05) is 24.3 Å². The third kappa shape index (κ3) is 3.82. The lowest BCUT2D eigenvalue weighted by Gasteiger charge is -2.11. The van der Waals surface area contributed by atoms with Gasteiger partial charge in [0.05, 0.1) is 5.52 Å². The molecular formula is C22H21FN2O3. The molecule has 2 aromatic carbocycles. The number of hydroxylamine groups is 1. The van der Waals surface area contributed by atoms with Gasteiger partial charge >= 0.3 is 0 Å². The van der Waals surface area contributed by atoms with Gasteiger partial charge in [0.1, 0.15) is 6.61 Å². The van der Waals surface area contributed by atoms with E-state index >= 15 is 0 Å². The van der Waals surface area contributed by atoms with Gasteiger partial charge in [0.15, 0.2) is 11.6 Å². The van der Waals surface area contributed by atoms with Crippen molar-refractivity contribution in [1.82, 2.24) is 10.5 Å². The highest BCUT2D eigenvalue weighted by atomic mass is 19.1. The molecule has 1 saturated carbocycles. The first-order valence-corrected chi connectivity index (χ1v) is 9.25. The van der Waals surface area contributed by atoms with Crippen LogP contribution in [0.2, 0.25) is 0 Å². The third-order valence-corrected chi connectivity index (χ3v) is 5.18. The van der Waals surface area contributed by atoms with Crippen molar-refractivity contribution in [3.63, 3.8) is 0 Å². The lowest BCUT2D eigenvalue weighted by Crippen LogP contribution is -2.21. The molecule has 4 rings (SSSR count). The minimum Gasteiger partial charge on any atom is -0.486 e. The van der Waals surface area contributed by atoms with Gasteiger partial charge in [-0.25, -0.2) is 9.87 Å². The fraction of sp³-hybridized carbons (Fsp3) is 0.273. The number of benzene rings is 2. The molecule has 1 aliphatic carbocycles. The van der Waals surface area contributed by atoms with Crippen molar-refractivity contribution >= 4 is 16.8 Å². The maximum Gasteiger partial charge on any atom is 0.246 e. The van der Waals surface area contributed by atoms with Gasteiger partial charge in [-0.05, 0) is 55.5 Å². The first kappa shape index (κ1) is 18.4. The number of aromatic nitrogens is 1. The van der Waals surface area contributed by atoms with Crippen molar-refractivity contribution in [2.75, 3.05) is 0 Å². The molecule has 6 heteroatoms. The largest absolute Gasteiger partial charge is 0.486 e. The van der Waals surface area contributed by atoms with Gasteiger partial charge in [-0.2, -0.15) is 0 Å². The number of hydrogen-bond donors (Lipinski definition) is 2. The van der Waals surface area contributed by atoms with Crippen LogP contribution in [-0.4, -0.2) is 16.1 Å². The molecule has 2 N–H and O–H groups in total. The Morgan fingerprint density at radius 2 is 2.11 bits per heavy atom. The number of nitrogens with zero attached hydrogens (tertiary/aromatic N) is 1. The summed E-state index contributed by atoms with van der Waals surface area (Å²) in [6.45, 7) is 2.18. The highest BCUT2D eigenvalue weighted by Crippen LogP contribution is 2.41. The molecule has 0 spiro atoms. The molecule has 28 heavy (non-hydrogen) atoms. The molecule has 0 saturated heterocycles. The highest BCUT2D eigenvalue weighted by molar-refractivity contribution is 5.82. The van der Waals surface area contributed by atoms with Crippen LogP contribution in [0.5, 0.6) is 5.75 Å². The molecule has 1 heterocycles. The Morgan fingerprint density at radius 3 is 2.89 bits per heavy atom. The number of ether oxygens (including phenoxy) is 1. The van der Waals surface area contributed by atoms with Crippen LogP contribution >= 0.6 is 0 Å². The molecule has 1 aromatic heterocycles. The van der Waals surface area contributed by atoms with Crippen LogP contribution in [0.4, 0.5) is 4.39 Å². The van der Waals surface area contributed by atoms with Crippen LogP contribution in [0.3, 0.4) is 0 Å². The Kier molecular flexibility index (Phi) is 4.96. The second-order valence-corrected chi connectivity index (χ2v) is 7.28. The molecule has 0 radical (unpaired) electrons. The number of amides is 1. The summed E-state index contributed by atoms with van der Waals surface area (Å²) in [4.78, 5) is 15.9. The molecule has 2 unspecified atom stereocenters. The lowest BCUT2D eigenvalue weighted by molar-refractivity contribution is -0.130. The average molecular weight is 380 g/mol. The van der Waals surface area contributed by atoms with Crippen molar-refractivity contribution in [3.8, 4) is 5.75 Å². The summed E-state index contributed by atoms with van der Waals surface area (Å²) in [6, 6.07) is 14.7. The van der Waals surface area contributed by atoms with Gasteiger partial charge < -0.3 is 4.74 Å². The molecular weight excluding hydrogens is 359 g/mol. The van der Waals surface area contributed by atoms with E-state index in [0.29, 0.717) is 12.8 Å². The third-order valence-electron chi connectivity index (χ3n) is 5.18. The zero-order valence-electron chi connectivity index (χ0n) is 15.5. The second kappa shape index (κ2) is 7.56. The first-order chi connectivity index (χ1) is 13.5. The van der Waals surface area contributed by atoms with Gasteiger partial charge in [0.25, 0.3) is 0 Å². The number of carbonyl (C=O) groups is 1. The van der Waals surface area contributed by atoms with Crippen molar-refractivity contribution in [2.45, 2.75) is 26.4 Å². The van der Waals surface area contributed by atoms with E-state index in [1.807, 2.05) is 43.3 Å². The zero-order valence-corrected chi connectivity index (χ0v) is 15.5. The molecule has 3 aromatic rings. The number of halogens is 1. The SMILES string of the molecule is Cc1cc(COc2ccc(CC3CC3C(=O)NO)cc2F)c2ccccc2n1. The van der Waals surface area contributed by atoms with Crippen LogP contribution in [0, 0.1) is 24.6 Å². The number of para-hydroxylation sites is 1. The Bertz CT molecular complexity index is 1040. The summed E-state index contributed by atoms with van der Waals surface area (Å²) in [6.07, 6.45) is 1.31.